The zero-order valence-corrected chi connectivity index (χ0v) is 13.6. The van der Waals surface area contributed by atoms with Crippen LogP contribution in [0.2, 0.25) is 0 Å². The summed E-state index contributed by atoms with van der Waals surface area (Å²) in [5.41, 5.74) is -0.494. The lowest BCUT2D eigenvalue weighted by Gasteiger charge is -2.39. The summed E-state index contributed by atoms with van der Waals surface area (Å²) in [7, 11) is 4.20. The standard InChI is InChI=1S/C15H30N2O3/c1-15(2,3)20-14(19)17(10-11-18)13-8-6-12(7-9-13)16(4)5/h12-13,18H,6-11H2,1-5H3/t12-,13-. The van der Waals surface area contributed by atoms with E-state index in [1.165, 1.54) is 0 Å². The van der Waals surface area contributed by atoms with Gasteiger partial charge in [0.2, 0.25) is 0 Å². The smallest absolute Gasteiger partial charge is 0.410 e. The van der Waals surface area contributed by atoms with Gasteiger partial charge in [-0.25, -0.2) is 4.79 Å². The van der Waals surface area contributed by atoms with E-state index in [9.17, 15) is 9.90 Å². The summed E-state index contributed by atoms with van der Waals surface area (Å²) in [6.07, 6.45) is 3.81. The third-order valence-corrected chi connectivity index (χ3v) is 3.81. The van der Waals surface area contributed by atoms with E-state index in [-0.39, 0.29) is 18.7 Å². The van der Waals surface area contributed by atoms with Crippen molar-refractivity contribution in [1.29, 1.82) is 0 Å². The minimum absolute atomic E-state index is 0.0210. The summed E-state index contributed by atoms with van der Waals surface area (Å²) in [6, 6.07) is 0.786. The minimum atomic E-state index is -0.494. The number of hydrogen-bond acceptors (Lipinski definition) is 4. The maximum Gasteiger partial charge on any atom is 0.410 e. The highest BCUT2D eigenvalue weighted by Crippen LogP contribution is 2.26. The molecule has 0 aromatic rings. The number of rotatable bonds is 4. The Labute approximate surface area is 122 Å². The molecule has 1 aliphatic carbocycles. The molecule has 0 unspecified atom stereocenters. The van der Waals surface area contributed by atoms with E-state index in [1.54, 1.807) is 4.90 Å². The molecule has 1 rings (SSSR count). The number of ether oxygens (including phenoxy) is 1. The van der Waals surface area contributed by atoms with Crippen molar-refractivity contribution in [3.63, 3.8) is 0 Å². The molecule has 1 N–H and O–H groups in total. The largest absolute Gasteiger partial charge is 0.444 e. The van der Waals surface area contributed by atoms with Gasteiger partial charge in [-0.3, -0.25) is 0 Å². The Morgan fingerprint density at radius 2 is 1.65 bits per heavy atom. The molecule has 1 saturated carbocycles. The van der Waals surface area contributed by atoms with Gasteiger partial charge in [-0.2, -0.15) is 0 Å². The van der Waals surface area contributed by atoms with Gasteiger partial charge < -0.3 is 19.6 Å². The Balaban J connectivity index is 2.61. The van der Waals surface area contributed by atoms with Gasteiger partial charge in [0, 0.05) is 18.6 Å². The average molecular weight is 286 g/mol. The molecule has 1 amide bonds. The number of hydrogen-bond donors (Lipinski definition) is 1. The van der Waals surface area contributed by atoms with Gasteiger partial charge in [0.1, 0.15) is 5.60 Å². The molecule has 0 aromatic heterocycles. The quantitative estimate of drug-likeness (QED) is 0.860. The first-order valence-electron chi connectivity index (χ1n) is 7.51. The van der Waals surface area contributed by atoms with E-state index in [2.05, 4.69) is 19.0 Å². The van der Waals surface area contributed by atoms with Crippen molar-refractivity contribution in [1.82, 2.24) is 9.80 Å². The van der Waals surface area contributed by atoms with Crippen molar-refractivity contribution in [2.24, 2.45) is 0 Å². The number of aliphatic hydroxyl groups is 1. The second-order valence-electron chi connectivity index (χ2n) is 6.82. The maximum absolute atomic E-state index is 12.2. The predicted octanol–water partition coefficient (Wildman–Crippen LogP) is 2.09. The Morgan fingerprint density at radius 3 is 2.05 bits per heavy atom. The van der Waals surface area contributed by atoms with Crippen LogP contribution in [0, 0.1) is 0 Å². The van der Waals surface area contributed by atoms with E-state index in [1.807, 2.05) is 20.8 Å². The van der Waals surface area contributed by atoms with Crippen LogP contribution < -0.4 is 0 Å². The highest BCUT2D eigenvalue weighted by Gasteiger charge is 2.31. The maximum atomic E-state index is 12.2. The van der Waals surface area contributed by atoms with Gasteiger partial charge in [0.05, 0.1) is 6.61 Å². The van der Waals surface area contributed by atoms with Gasteiger partial charge in [-0.15, -0.1) is 0 Å². The van der Waals surface area contributed by atoms with Crippen LogP contribution in [0.1, 0.15) is 46.5 Å². The van der Waals surface area contributed by atoms with Crippen LogP contribution in [-0.4, -0.2) is 65.9 Å². The second kappa shape index (κ2) is 7.27. The molecule has 118 valence electrons. The third kappa shape index (κ3) is 5.29. The molecule has 1 fully saturated rings. The van der Waals surface area contributed by atoms with Gasteiger partial charge in [-0.1, -0.05) is 0 Å². The van der Waals surface area contributed by atoms with E-state index in [4.69, 9.17) is 4.74 Å². The summed E-state index contributed by atoms with van der Waals surface area (Å²) in [5.74, 6) is 0. The zero-order chi connectivity index (χ0) is 15.3. The number of amides is 1. The van der Waals surface area contributed by atoms with Crippen LogP contribution in [0.3, 0.4) is 0 Å². The lowest BCUT2D eigenvalue weighted by Crippen LogP contribution is -2.47. The molecule has 0 aromatic carbocycles. The number of carbonyl (C=O) groups is 1. The van der Waals surface area contributed by atoms with Crippen molar-refractivity contribution >= 4 is 6.09 Å². The lowest BCUT2D eigenvalue weighted by atomic mass is 9.89. The summed E-state index contributed by atoms with van der Waals surface area (Å²) in [5, 5.41) is 9.20. The molecular weight excluding hydrogens is 256 g/mol. The molecule has 0 saturated heterocycles. The molecule has 5 heteroatoms. The van der Waals surface area contributed by atoms with Crippen LogP contribution in [0.5, 0.6) is 0 Å². The Morgan fingerprint density at radius 1 is 1.15 bits per heavy atom. The number of carbonyl (C=O) groups excluding carboxylic acids is 1. The molecule has 1 aliphatic rings. The molecule has 0 bridgehead atoms. The third-order valence-electron chi connectivity index (χ3n) is 3.81. The second-order valence-corrected chi connectivity index (χ2v) is 6.82. The fraction of sp³-hybridized carbons (Fsp3) is 0.933. The molecule has 0 atom stereocenters. The fourth-order valence-electron chi connectivity index (χ4n) is 2.74. The van der Waals surface area contributed by atoms with Gasteiger partial charge in [0.25, 0.3) is 0 Å². The molecule has 20 heavy (non-hydrogen) atoms. The molecular formula is C15H30N2O3. The topological polar surface area (TPSA) is 53.0 Å². The SMILES string of the molecule is CN(C)[C@H]1CC[C@H](N(CCO)C(=O)OC(C)(C)C)CC1. The van der Waals surface area contributed by atoms with Crippen molar-refractivity contribution in [2.45, 2.75) is 64.1 Å². The van der Waals surface area contributed by atoms with E-state index < -0.39 is 5.60 Å². The first-order valence-corrected chi connectivity index (χ1v) is 7.51. The van der Waals surface area contributed by atoms with E-state index in [0.717, 1.165) is 25.7 Å². The van der Waals surface area contributed by atoms with Crippen molar-refractivity contribution < 1.29 is 14.6 Å². The van der Waals surface area contributed by atoms with Gasteiger partial charge >= 0.3 is 6.09 Å². The predicted molar refractivity (Wildman–Crippen MR) is 79.8 cm³/mol. The first-order chi connectivity index (χ1) is 9.24. The molecule has 0 heterocycles. The van der Waals surface area contributed by atoms with E-state index >= 15 is 0 Å². The van der Waals surface area contributed by atoms with E-state index in [0.29, 0.717) is 12.6 Å². The molecule has 0 spiro atoms. The van der Waals surface area contributed by atoms with Crippen molar-refractivity contribution in [3.8, 4) is 0 Å². The molecule has 0 radical (unpaired) electrons. The highest BCUT2D eigenvalue weighted by atomic mass is 16.6. The van der Waals surface area contributed by atoms with Crippen LogP contribution in [0.25, 0.3) is 0 Å². The zero-order valence-electron chi connectivity index (χ0n) is 13.6. The summed E-state index contributed by atoms with van der Waals surface area (Å²) >= 11 is 0. The monoisotopic (exact) mass is 286 g/mol. The summed E-state index contributed by atoms with van der Waals surface area (Å²) in [6.45, 7) is 5.93. The van der Waals surface area contributed by atoms with Crippen LogP contribution in [-0.2, 0) is 4.74 Å². The van der Waals surface area contributed by atoms with Crippen molar-refractivity contribution in [3.05, 3.63) is 0 Å². The Kier molecular flexibility index (Phi) is 6.27. The first kappa shape index (κ1) is 17.2. The fourth-order valence-corrected chi connectivity index (χ4v) is 2.74. The van der Waals surface area contributed by atoms with Crippen LogP contribution in [0.15, 0.2) is 0 Å². The van der Waals surface area contributed by atoms with Crippen LogP contribution >= 0.6 is 0 Å². The number of aliphatic hydroxyl groups excluding tert-OH is 1. The summed E-state index contributed by atoms with van der Waals surface area (Å²) in [4.78, 5) is 16.2. The van der Waals surface area contributed by atoms with Gasteiger partial charge in [-0.05, 0) is 60.5 Å². The molecule has 5 nitrogen and oxygen atoms in total. The highest BCUT2D eigenvalue weighted by molar-refractivity contribution is 5.68. The average Bonchev–Trinajstić information content (AvgIpc) is 2.34. The normalized spacial score (nSPS) is 23.8. The summed E-state index contributed by atoms with van der Waals surface area (Å²) < 4.78 is 5.45. The van der Waals surface area contributed by atoms with Gasteiger partial charge in [0.15, 0.2) is 0 Å². The van der Waals surface area contributed by atoms with Crippen LogP contribution in [0.4, 0.5) is 4.79 Å². The molecule has 0 aliphatic heterocycles. The number of nitrogens with zero attached hydrogens (tertiary/aromatic N) is 2. The van der Waals surface area contributed by atoms with Crippen molar-refractivity contribution in [2.75, 3.05) is 27.2 Å². The Bertz CT molecular complexity index is 305. The minimum Gasteiger partial charge on any atom is -0.444 e. The lowest BCUT2D eigenvalue weighted by molar-refractivity contribution is 0.00544. The Hall–Kier alpha value is -0.810.